The van der Waals surface area contributed by atoms with Gasteiger partial charge in [-0.1, -0.05) is 67.6 Å². The highest BCUT2D eigenvalue weighted by atomic mass is 35.5. The van der Waals surface area contributed by atoms with E-state index in [-0.39, 0.29) is 18.0 Å². The summed E-state index contributed by atoms with van der Waals surface area (Å²) in [6.07, 6.45) is 5.83. The van der Waals surface area contributed by atoms with Crippen LogP contribution < -0.4 is 5.56 Å². The van der Waals surface area contributed by atoms with Gasteiger partial charge in [-0.15, -0.1) is 25.6 Å². The number of hydrogen-bond donors (Lipinski definition) is 0. The Morgan fingerprint density at radius 2 is 1.55 bits per heavy atom. The fourth-order valence-corrected chi connectivity index (χ4v) is 3.75. The largest absolute Gasteiger partial charge is 0.314 e. The molecular weight excluding hydrogens is 380 g/mol. The van der Waals surface area contributed by atoms with E-state index in [1.807, 2.05) is 65.4 Å². The van der Waals surface area contributed by atoms with Gasteiger partial charge in [0.1, 0.15) is 0 Å². The van der Waals surface area contributed by atoms with Crippen LogP contribution in [0, 0.1) is 5.92 Å². The predicted molar refractivity (Wildman–Crippen MR) is 127 cm³/mol. The van der Waals surface area contributed by atoms with Gasteiger partial charge in [-0.3, -0.25) is 9.69 Å². The highest BCUT2D eigenvalue weighted by Gasteiger charge is 2.14. The van der Waals surface area contributed by atoms with Crippen LogP contribution in [-0.2, 0) is 6.54 Å². The van der Waals surface area contributed by atoms with Crippen LogP contribution in [-0.4, -0.2) is 29.1 Å². The molecule has 0 aliphatic heterocycles. The van der Waals surface area contributed by atoms with Crippen LogP contribution in [0.1, 0.15) is 6.92 Å². The van der Waals surface area contributed by atoms with Gasteiger partial charge in [0.25, 0.3) is 5.56 Å². The van der Waals surface area contributed by atoms with E-state index in [2.05, 4.69) is 37.1 Å². The van der Waals surface area contributed by atoms with Crippen LogP contribution in [0.2, 0.25) is 0 Å². The van der Waals surface area contributed by atoms with Crippen LogP contribution in [0.4, 0.5) is 0 Å². The van der Waals surface area contributed by atoms with E-state index in [9.17, 15) is 4.79 Å². The first kappa shape index (κ1) is 22.7. The quantitative estimate of drug-likeness (QED) is 0.443. The number of nitrogens with zero attached hydrogens (tertiary/aromatic N) is 2. The number of fused-ring (bicyclic) bond motifs is 1. The zero-order valence-corrected chi connectivity index (χ0v) is 17.8. The molecule has 0 amide bonds. The van der Waals surface area contributed by atoms with Crippen LogP contribution >= 0.6 is 12.4 Å². The van der Waals surface area contributed by atoms with Gasteiger partial charge in [0.05, 0.1) is 0 Å². The van der Waals surface area contributed by atoms with Crippen LogP contribution in [0.15, 0.2) is 90.9 Å². The molecule has 1 unspecified atom stereocenters. The second-order valence-corrected chi connectivity index (χ2v) is 7.31. The zero-order valence-electron chi connectivity index (χ0n) is 17.0. The number of hydrogen-bond acceptors (Lipinski definition) is 2. The van der Waals surface area contributed by atoms with Crippen molar-refractivity contribution in [3.8, 4) is 11.1 Å². The Bertz CT molecular complexity index is 1000. The Hall–Kier alpha value is -2.62. The lowest BCUT2D eigenvalue weighted by Gasteiger charge is -2.24. The second-order valence-electron chi connectivity index (χ2n) is 7.31. The maximum Gasteiger partial charge on any atom is 0.258 e. The molecule has 0 fully saturated rings. The van der Waals surface area contributed by atoms with Crippen molar-refractivity contribution < 1.29 is 0 Å². The Labute approximate surface area is 179 Å². The highest BCUT2D eigenvalue weighted by Crippen LogP contribution is 2.26. The van der Waals surface area contributed by atoms with E-state index in [0.29, 0.717) is 12.5 Å². The van der Waals surface area contributed by atoms with Crippen molar-refractivity contribution in [1.29, 1.82) is 0 Å². The maximum atomic E-state index is 13.1. The molecule has 0 spiro atoms. The lowest BCUT2D eigenvalue weighted by molar-refractivity contribution is 0.268. The molecule has 29 heavy (non-hydrogen) atoms. The molecule has 0 aliphatic carbocycles. The van der Waals surface area contributed by atoms with Gasteiger partial charge in [-0.05, 0) is 22.9 Å². The van der Waals surface area contributed by atoms with E-state index < -0.39 is 0 Å². The Kier molecular flexibility index (Phi) is 8.44. The van der Waals surface area contributed by atoms with E-state index >= 15 is 0 Å². The van der Waals surface area contributed by atoms with Crippen molar-refractivity contribution in [3.05, 3.63) is 96.5 Å². The van der Waals surface area contributed by atoms with Gasteiger partial charge in [0, 0.05) is 43.3 Å². The van der Waals surface area contributed by atoms with Gasteiger partial charge >= 0.3 is 0 Å². The van der Waals surface area contributed by atoms with Gasteiger partial charge in [-0.2, -0.15) is 0 Å². The molecule has 0 saturated heterocycles. The molecule has 1 aromatic heterocycles. The summed E-state index contributed by atoms with van der Waals surface area (Å²) in [5, 5.41) is 1.77. The first-order valence-corrected chi connectivity index (χ1v) is 9.75. The van der Waals surface area contributed by atoms with Crippen molar-refractivity contribution in [2.24, 2.45) is 5.92 Å². The van der Waals surface area contributed by atoms with Crippen molar-refractivity contribution >= 4 is 23.2 Å². The van der Waals surface area contributed by atoms with E-state index in [1.165, 1.54) is 0 Å². The topological polar surface area (TPSA) is 25.2 Å². The molecule has 0 N–H and O–H groups in total. The minimum absolute atomic E-state index is 0. The van der Waals surface area contributed by atoms with Crippen LogP contribution in [0.3, 0.4) is 0 Å². The summed E-state index contributed by atoms with van der Waals surface area (Å²) in [6, 6.07) is 18.1. The van der Waals surface area contributed by atoms with Crippen molar-refractivity contribution in [1.82, 2.24) is 9.47 Å². The molecule has 3 nitrogen and oxygen atoms in total. The smallest absolute Gasteiger partial charge is 0.258 e. The Morgan fingerprint density at radius 3 is 2.17 bits per heavy atom. The first-order chi connectivity index (χ1) is 13.6. The summed E-state index contributed by atoms with van der Waals surface area (Å²) in [6.45, 7) is 13.1. The summed E-state index contributed by atoms with van der Waals surface area (Å²) in [5.74, 6) is 0.322. The van der Waals surface area contributed by atoms with Gasteiger partial charge in [0.2, 0.25) is 0 Å². The van der Waals surface area contributed by atoms with Crippen LogP contribution in [0.5, 0.6) is 0 Å². The summed E-state index contributed by atoms with van der Waals surface area (Å²) >= 11 is 0. The molecule has 0 saturated carbocycles. The summed E-state index contributed by atoms with van der Waals surface area (Å²) < 4.78 is 1.87. The first-order valence-electron chi connectivity index (χ1n) is 9.75. The van der Waals surface area contributed by atoms with Crippen molar-refractivity contribution in [2.75, 3.05) is 19.6 Å². The third kappa shape index (κ3) is 5.47. The number of pyridine rings is 1. The molecular formula is C25H29ClN2O. The standard InChI is InChI=1S/C25H28N2O.ClH/c1-4-15-26(16-5-2)17-20(3)18-27-19-24(21-11-7-6-8-12-21)22-13-9-10-14-23(22)25(27)28;/h4-14,19-20H,1-2,15-18H2,3H3;1H. The normalized spacial score (nSPS) is 11.8. The zero-order chi connectivity index (χ0) is 19.9. The molecule has 152 valence electrons. The molecule has 4 heteroatoms. The summed E-state index contributed by atoms with van der Waals surface area (Å²) in [5.41, 5.74) is 2.29. The Morgan fingerprint density at radius 1 is 0.966 bits per heavy atom. The highest BCUT2D eigenvalue weighted by molar-refractivity contribution is 5.95. The number of benzene rings is 2. The van der Waals surface area contributed by atoms with Crippen LogP contribution in [0.25, 0.3) is 21.9 Å². The average molecular weight is 409 g/mol. The lowest BCUT2D eigenvalue weighted by Crippen LogP contribution is -2.32. The summed E-state index contributed by atoms with van der Waals surface area (Å²) in [7, 11) is 0. The molecule has 0 radical (unpaired) electrons. The SMILES string of the molecule is C=CCN(CC=C)CC(C)Cn1cc(-c2ccccc2)c2ccccc2c1=O.Cl. The molecule has 1 heterocycles. The average Bonchev–Trinajstić information content (AvgIpc) is 2.71. The molecule has 0 bridgehead atoms. The number of halogens is 1. The minimum atomic E-state index is 0. The van der Waals surface area contributed by atoms with Crippen molar-refractivity contribution in [2.45, 2.75) is 13.5 Å². The molecule has 3 rings (SSSR count). The molecule has 0 aliphatic rings. The van der Waals surface area contributed by atoms with E-state index in [0.717, 1.165) is 41.5 Å². The fraction of sp³-hybridized carbons (Fsp3) is 0.240. The number of aromatic nitrogens is 1. The monoisotopic (exact) mass is 408 g/mol. The van der Waals surface area contributed by atoms with Gasteiger partial charge in [-0.25, -0.2) is 0 Å². The van der Waals surface area contributed by atoms with Gasteiger partial charge < -0.3 is 4.57 Å². The minimum Gasteiger partial charge on any atom is -0.314 e. The van der Waals surface area contributed by atoms with Crippen molar-refractivity contribution in [3.63, 3.8) is 0 Å². The lowest BCUT2D eigenvalue weighted by atomic mass is 10.0. The Balaban J connectivity index is 0.00000300. The van der Waals surface area contributed by atoms with Gasteiger partial charge in [0.15, 0.2) is 0 Å². The molecule has 2 aromatic carbocycles. The fourth-order valence-electron chi connectivity index (χ4n) is 3.75. The molecule has 3 aromatic rings. The van der Waals surface area contributed by atoms with E-state index in [1.54, 1.807) is 0 Å². The molecule has 1 atom stereocenters. The predicted octanol–water partition coefficient (Wildman–Crippen LogP) is 5.40. The van der Waals surface area contributed by atoms with E-state index in [4.69, 9.17) is 0 Å². The maximum absolute atomic E-state index is 13.1. The summed E-state index contributed by atoms with van der Waals surface area (Å²) in [4.78, 5) is 15.4. The third-order valence-electron chi connectivity index (χ3n) is 4.93. The number of rotatable bonds is 9. The second kappa shape index (κ2) is 10.8. The third-order valence-corrected chi connectivity index (χ3v) is 4.93.